The molecule has 0 unspecified atom stereocenters. The van der Waals surface area contributed by atoms with Crippen molar-refractivity contribution in [2.45, 2.75) is 25.7 Å². The molecule has 3 N–H and O–H groups in total. The average Bonchev–Trinajstić information content (AvgIpc) is 3.15. The molecule has 0 fully saturated rings. The number of carbonyl (C=O) groups is 1. The van der Waals surface area contributed by atoms with Crippen molar-refractivity contribution in [2.24, 2.45) is 0 Å². The normalized spacial score (nSPS) is 13.6. The van der Waals surface area contributed by atoms with Gasteiger partial charge in [0.15, 0.2) is 0 Å². The first-order valence-electron chi connectivity index (χ1n) is 8.95. The van der Waals surface area contributed by atoms with Gasteiger partial charge in [-0.05, 0) is 61.1 Å². The van der Waals surface area contributed by atoms with Crippen LogP contribution in [0.15, 0.2) is 36.5 Å². The molecule has 3 aromatic heterocycles. The summed E-state index contributed by atoms with van der Waals surface area (Å²) in [5.41, 5.74) is 5.98. The number of carboxylic acid groups (broad SMARTS) is 1. The number of pyridine rings is 2. The van der Waals surface area contributed by atoms with E-state index in [-0.39, 0.29) is 0 Å². The summed E-state index contributed by atoms with van der Waals surface area (Å²) in [7, 11) is 0. The zero-order valence-electron chi connectivity index (χ0n) is 14.5. The standard InChI is InChI=1S/C20H17N5O2/c26-20(27)24-17-7-3-6-16(22-17)19-12-5-2-1-4-11(12)18-13-10-21-25-14(13)8-9-15(18)23-19/h3,6-10H,1-2,4-5H2,(H,21,25)(H,22,24)(H,26,27). The summed E-state index contributed by atoms with van der Waals surface area (Å²) in [6.07, 6.45) is 4.94. The lowest BCUT2D eigenvalue weighted by atomic mass is 9.86. The van der Waals surface area contributed by atoms with Crippen molar-refractivity contribution in [1.29, 1.82) is 0 Å². The molecule has 1 amide bonds. The predicted molar refractivity (Wildman–Crippen MR) is 103 cm³/mol. The van der Waals surface area contributed by atoms with E-state index in [0.29, 0.717) is 11.5 Å². The van der Waals surface area contributed by atoms with Crippen molar-refractivity contribution < 1.29 is 9.90 Å². The zero-order chi connectivity index (χ0) is 18.4. The highest BCUT2D eigenvalue weighted by Gasteiger charge is 2.21. The molecule has 0 saturated heterocycles. The number of aryl methyl sites for hydroxylation is 1. The minimum atomic E-state index is -1.13. The molecular formula is C20H17N5O2. The molecule has 4 aromatic rings. The predicted octanol–water partition coefficient (Wildman–Crippen LogP) is 4.14. The molecule has 7 heteroatoms. The van der Waals surface area contributed by atoms with E-state index < -0.39 is 6.09 Å². The number of amides is 1. The van der Waals surface area contributed by atoms with Crippen LogP contribution < -0.4 is 5.32 Å². The highest BCUT2D eigenvalue weighted by atomic mass is 16.4. The van der Waals surface area contributed by atoms with E-state index in [2.05, 4.69) is 20.5 Å². The molecule has 0 saturated carbocycles. The van der Waals surface area contributed by atoms with E-state index >= 15 is 0 Å². The van der Waals surface area contributed by atoms with Crippen LogP contribution >= 0.6 is 0 Å². The Hall–Kier alpha value is -3.48. The molecule has 7 nitrogen and oxygen atoms in total. The quantitative estimate of drug-likeness (QED) is 0.499. The van der Waals surface area contributed by atoms with Crippen LogP contribution in [0, 0.1) is 0 Å². The molecule has 0 spiro atoms. The van der Waals surface area contributed by atoms with E-state index in [4.69, 9.17) is 10.1 Å². The number of H-pyrrole nitrogens is 1. The van der Waals surface area contributed by atoms with Gasteiger partial charge in [0.25, 0.3) is 0 Å². The molecule has 1 aliphatic rings. The Labute approximate surface area is 154 Å². The molecule has 3 heterocycles. The van der Waals surface area contributed by atoms with Crippen molar-refractivity contribution in [1.82, 2.24) is 20.2 Å². The number of fused-ring (bicyclic) bond motifs is 5. The minimum absolute atomic E-state index is 0.303. The van der Waals surface area contributed by atoms with Gasteiger partial charge in [-0.1, -0.05) is 6.07 Å². The van der Waals surface area contributed by atoms with Gasteiger partial charge < -0.3 is 5.11 Å². The van der Waals surface area contributed by atoms with Crippen LogP contribution in [0.5, 0.6) is 0 Å². The van der Waals surface area contributed by atoms with Gasteiger partial charge in [0.2, 0.25) is 0 Å². The number of aromatic nitrogens is 4. The van der Waals surface area contributed by atoms with E-state index in [1.807, 2.05) is 24.4 Å². The Morgan fingerprint density at radius 3 is 2.78 bits per heavy atom. The van der Waals surface area contributed by atoms with Gasteiger partial charge in [0.05, 0.1) is 28.6 Å². The minimum Gasteiger partial charge on any atom is -0.465 e. The maximum absolute atomic E-state index is 10.9. The Morgan fingerprint density at radius 2 is 1.93 bits per heavy atom. The molecule has 0 aliphatic heterocycles. The summed E-state index contributed by atoms with van der Waals surface area (Å²) in [5, 5.41) is 20.8. The van der Waals surface area contributed by atoms with Crippen LogP contribution in [0.25, 0.3) is 33.2 Å². The Bertz CT molecular complexity index is 1200. The molecule has 5 rings (SSSR count). The van der Waals surface area contributed by atoms with Crippen molar-refractivity contribution in [3.05, 3.63) is 47.7 Å². The molecule has 1 aromatic carbocycles. The fourth-order valence-corrected chi connectivity index (χ4v) is 4.00. The third-order valence-corrected chi connectivity index (χ3v) is 5.12. The Kier molecular flexibility index (Phi) is 3.53. The van der Waals surface area contributed by atoms with Crippen LogP contribution in [0.2, 0.25) is 0 Å². The first kappa shape index (κ1) is 15.7. The fraction of sp³-hybridized carbons (Fsp3) is 0.200. The molecule has 27 heavy (non-hydrogen) atoms. The second-order valence-electron chi connectivity index (χ2n) is 6.75. The van der Waals surface area contributed by atoms with Gasteiger partial charge >= 0.3 is 6.09 Å². The summed E-state index contributed by atoms with van der Waals surface area (Å²) in [6, 6.07) is 9.32. The van der Waals surface area contributed by atoms with Crippen molar-refractivity contribution >= 4 is 33.7 Å². The van der Waals surface area contributed by atoms with Crippen LogP contribution in [0.1, 0.15) is 24.0 Å². The van der Waals surface area contributed by atoms with Gasteiger partial charge in [-0.3, -0.25) is 10.4 Å². The van der Waals surface area contributed by atoms with Gasteiger partial charge in [-0.15, -0.1) is 0 Å². The Morgan fingerprint density at radius 1 is 1.07 bits per heavy atom. The van der Waals surface area contributed by atoms with Crippen molar-refractivity contribution in [2.75, 3.05) is 5.32 Å². The summed E-state index contributed by atoms with van der Waals surface area (Å²) in [5.74, 6) is 0.303. The maximum Gasteiger partial charge on any atom is 0.410 e. The molecule has 0 radical (unpaired) electrons. The first-order valence-corrected chi connectivity index (χ1v) is 8.95. The number of anilines is 1. The van der Waals surface area contributed by atoms with E-state index in [0.717, 1.165) is 47.8 Å². The summed E-state index contributed by atoms with van der Waals surface area (Å²) in [4.78, 5) is 20.4. The van der Waals surface area contributed by atoms with Crippen LogP contribution in [-0.4, -0.2) is 31.4 Å². The second kappa shape index (κ2) is 6.05. The molecular weight excluding hydrogens is 342 g/mol. The SMILES string of the molecule is O=C(O)Nc1cccc(-c2nc3ccc4[nH]ncc4c3c3c2CCCC3)n1. The van der Waals surface area contributed by atoms with Crippen LogP contribution in [0.3, 0.4) is 0 Å². The monoisotopic (exact) mass is 359 g/mol. The lowest BCUT2D eigenvalue weighted by Crippen LogP contribution is -2.10. The molecule has 0 atom stereocenters. The van der Waals surface area contributed by atoms with Gasteiger partial charge in [-0.2, -0.15) is 5.10 Å². The first-order chi connectivity index (χ1) is 13.2. The van der Waals surface area contributed by atoms with Gasteiger partial charge in [-0.25, -0.2) is 14.8 Å². The lowest BCUT2D eigenvalue weighted by Gasteiger charge is -2.21. The smallest absolute Gasteiger partial charge is 0.410 e. The Balaban J connectivity index is 1.78. The number of nitrogens with one attached hydrogen (secondary N) is 2. The van der Waals surface area contributed by atoms with Crippen LogP contribution in [-0.2, 0) is 12.8 Å². The third-order valence-electron chi connectivity index (χ3n) is 5.12. The lowest BCUT2D eigenvalue weighted by molar-refractivity contribution is 0.209. The number of hydrogen-bond acceptors (Lipinski definition) is 4. The highest BCUT2D eigenvalue weighted by molar-refractivity contribution is 6.07. The number of benzene rings is 1. The average molecular weight is 359 g/mol. The fourth-order valence-electron chi connectivity index (χ4n) is 4.00. The van der Waals surface area contributed by atoms with Crippen molar-refractivity contribution in [3.8, 4) is 11.4 Å². The number of aromatic amines is 1. The number of rotatable bonds is 2. The van der Waals surface area contributed by atoms with E-state index in [1.54, 1.807) is 12.1 Å². The van der Waals surface area contributed by atoms with Crippen molar-refractivity contribution in [3.63, 3.8) is 0 Å². The van der Waals surface area contributed by atoms with E-state index in [1.165, 1.54) is 16.5 Å². The topological polar surface area (TPSA) is 104 Å². The zero-order valence-corrected chi connectivity index (χ0v) is 14.5. The van der Waals surface area contributed by atoms with Crippen LogP contribution in [0.4, 0.5) is 10.6 Å². The van der Waals surface area contributed by atoms with E-state index in [9.17, 15) is 4.79 Å². The summed E-state index contributed by atoms with van der Waals surface area (Å²) >= 11 is 0. The molecule has 134 valence electrons. The number of hydrogen-bond donors (Lipinski definition) is 3. The van der Waals surface area contributed by atoms with Gasteiger partial charge in [0.1, 0.15) is 5.82 Å². The number of nitrogens with zero attached hydrogens (tertiary/aromatic N) is 3. The molecule has 1 aliphatic carbocycles. The third kappa shape index (κ3) is 2.59. The largest absolute Gasteiger partial charge is 0.465 e. The van der Waals surface area contributed by atoms with Gasteiger partial charge in [0, 0.05) is 10.8 Å². The maximum atomic E-state index is 10.9. The second-order valence-corrected chi connectivity index (χ2v) is 6.75. The summed E-state index contributed by atoms with van der Waals surface area (Å²) in [6.45, 7) is 0. The highest BCUT2D eigenvalue weighted by Crippen LogP contribution is 2.37. The molecule has 0 bridgehead atoms. The summed E-state index contributed by atoms with van der Waals surface area (Å²) < 4.78 is 0.